The number of carbonyl (C=O) groups is 1. The van der Waals surface area contributed by atoms with E-state index in [0.29, 0.717) is 6.54 Å². The van der Waals surface area contributed by atoms with Crippen LogP contribution in [0.4, 0.5) is 0 Å². The molecule has 1 unspecified atom stereocenters. The first-order valence-corrected chi connectivity index (χ1v) is 8.25. The van der Waals surface area contributed by atoms with Crippen molar-refractivity contribution in [3.63, 3.8) is 0 Å². The van der Waals surface area contributed by atoms with Crippen LogP contribution >= 0.6 is 0 Å². The first-order chi connectivity index (χ1) is 12.1. The summed E-state index contributed by atoms with van der Waals surface area (Å²) in [5, 5.41) is 6.76. The number of hydrogen-bond acceptors (Lipinski definition) is 4. The predicted molar refractivity (Wildman–Crippen MR) is 99.0 cm³/mol. The highest BCUT2D eigenvalue weighted by Gasteiger charge is 2.13. The lowest BCUT2D eigenvalue weighted by Crippen LogP contribution is -2.34. The largest absolute Gasteiger partial charge is 0.497 e. The highest BCUT2D eigenvalue weighted by atomic mass is 16.6. The standard InChI is InChI=1S/C20H24N2O3/c1-15-6-4-5-7-18(15)14-22-25-16(2)20(23)21-13-12-17-8-10-19(24-3)11-9-17/h4-11,14,16H,12-13H2,1-3H3,(H,21,23)/b22-14+. The van der Waals surface area contributed by atoms with Gasteiger partial charge in [0.15, 0.2) is 0 Å². The predicted octanol–water partition coefficient (Wildman–Crippen LogP) is 3.10. The molecule has 0 aromatic heterocycles. The number of nitrogens with zero attached hydrogens (tertiary/aromatic N) is 1. The number of methoxy groups -OCH3 is 1. The molecule has 0 radical (unpaired) electrons. The van der Waals surface area contributed by atoms with Gasteiger partial charge in [0.1, 0.15) is 5.75 Å². The molecule has 2 aromatic carbocycles. The van der Waals surface area contributed by atoms with Crippen LogP contribution < -0.4 is 10.1 Å². The number of nitrogens with one attached hydrogen (secondary N) is 1. The molecule has 0 aliphatic rings. The summed E-state index contributed by atoms with van der Waals surface area (Å²) in [4.78, 5) is 17.2. The molecule has 25 heavy (non-hydrogen) atoms. The number of carbonyl (C=O) groups excluding carboxylic acids is 1. The van der Waals surface area contributed by atoms with Gasteiger partial charge in [-0.15, -0.1) is 0 Å². The van der Waals surface area contributed by atoms with Crippen molar-refractivity contribution < 1.29 is 14.4 Å². The number of oxime groups is 1. The molecule has 1 N–H and O–H groups in total. The molecule has 0 fully saturated rings. The molecule has 132 valence electrons. The SMILES string of the molecule is COc1ccc(CCNC(=O)C(C)O/N=C/c2ccccc2C)cc1. The lowest BCUT2D eigenvalue weighted by atomic mass is 10.1. The Balaban J connectivity index is 1.73. The van der Waals surface area contributed by atoms with Gasteiger partial charge in [-0.05, 0) is 49.1 Å². The van der Waals surface area contributed by atoms with Crippen LogP contribution in [0.5, 0.6) is 5.75 Å². The zero-order chi connectivity index (χ0) is 18.1. The third-order valence-electron chi connectivity index (χ3n) is 3.84. The van der Waals surface area contributed by atoms with Gasteiger partial charge in [-0.2, -0.15) is 0 Å². The molecule has 0 aliphatic heterocycles. The van der Waals surface area contributed by atoms with E-state index in [4.69, 9.17) is 9.57 Å². The first-order valence-electron chi connectivity index (χ1n) is 8.25. The number of rotatable bonds is 8. The van der Waals surface area contributed by atoms with E-state index in [9.17, 15) is 4.79 Å². The maximum atomic E-state index is 12.0. The Bertz CT molecular complexity index is 711. The molecular formula is C20H24N2O3. The van der Waals surface area contributed by atoms with Crippen molar-refractivity contribution in [1.82, 2.24) is 5.32 Å². The van der Waals surface area contributed by atoms with Crippen LogP contribution in [-0.4, -0.2) is 31.9 Å². The summed E-state index contributed by atoms with van der Waals surface area (Å²) in [5.41, 5.74) is 3.20. The van der Waals surface area contributed by atoms with E-state index in [2.05, 4.69) is 10.5 Å². The van der Waals surface area contributed by atoms with Crippen molar-refractivity contribution in [3.05, 3.63) is 65.2 Å². The lowest BCUT2D eigenvalue weighted by molar-refractivity contribution is -0.131. The minimum atomic E-state index is -0.642. The Hall–Kier alpha value is -2.82. The number of amides is 1. The van der Waals surface area contributed by atoms with E-state index in [1.54, 1.807) is 20.2 Å². The van der Waals surface area contributed by atoms with Crippen molar-refractivity contribution in [2.45, 2.75) is 26.4 Å². The van der Waals surface area contributed by atoms with Gasteiger partial charge in [0.25, 0.3) is 5.91 Å². The highest BCUT2D eigenvalue weighted by Crippen LogP contribution is 2.11. The van der Waals surface area contributed by atoms with Crippen molar-refractivity contribution in [1.29, 1.82) is 0 Å². The monoisotopic (exact) mass is 340 g/mol. The molecule has 0 spiro atoms. The van der Waals surface area contributed by atoms with Crippen LogP contribution in [-0.2, 0) is 16.1 Å². The van der Waals surface area contributed by atoms with Gasteiger partial charge in [-0.3, -0.25) is 4.79 Å². The van der Waals surface area contributed by atoms with Crippen LogP contribution in [0.1, 0.15) is 23.6 Å². The molecule has 2 rings (SSSR count). The maximum Gasteiger partial charge on any atom is 0.263 e. The van der Waals surface area contributed by atoms with E-state index in [-0.39, 0.29) is 5.91 Å². The summed E-state index contributed by atoms with van der Waals surface area (Å²) >= 11 is 0. The molecular weight excluding hydrogens is 316 g/mol. The topological polar surface area (TPSA) is 59.9 Å². The quantitative estimate of drug-likeness (QED) is 0.593. The molecule has 0 saturated heterocycles. The molecule has 1 amide bonds. The van der Waals surface area contributed by atoms with Gasteiger partial charge in [-0.1, -0.05) is 41.6 Å². The second-order valence-electron chi connectivity index (χ2n) is 5.73. The van der Waals surface area contributed by atoms with E-state index < -0.39 is 6.10 Å². The zero-order valence-corrected chi connectivity index (χ0v) is 14.9. The third-order valence-corrected chi connectivity index (χ3v) is 3.84. The lowest BCUT2D eigenvalue weighted by Gasteiger charge is -2.10. The number of hydrogen-bond donors (Lipinski definition) is 1. The first kappa shape index (κ1) is 18.5. The van der Waals surface area contributed by atoms with Crippen LogP contribution in [0.15, 0.2) is 53.7 Å². The molecule has 0 bridgehead atoms. The Kier molecular flexibility index (Phi) is 7.01. The Morgan fingerprint density at radius 3 is 2.60 bits per heavy atom. The Morgan fingerprint density at radius 1 is 1.20 bits per heavy atom. The number of benzene rings is 2. The van der Waals surface area contributed by atoms with Crippen LogP contribution in [0.25, 0.3) is 0 Å². The fraction of sp³-hybridized carbons (Fsp3) is 0.300. The summed E-state index contributed by atoms with van der Waals surface area (Å²) in [5.74, 6) is 0.636. The molecule has 0 saturated carbocycles. The molecule has 0 heterocycles. The van der Waals surface area contributed by atoms with Crippen molar-refractivity contribution in [2.24, 2.45) is 5.16 Å². The van der Waals surface area contributed by atoms with Gasteiger partial charge in [0, 0.05) is 6.54 Å². The van der Waals surface area contributed by atoms with Gasteiger partial charge in [-0.25, -0.2) is 0 Å². The summed E-state index contributed by atoms with van der Waals surface area (Å²) in [6.07, 6.45) is 1.72. The molecule has 1 atom stereocenters. The average molecular weight is 340 g/mol. The van der Waals surface area contributed by atoms with Crippen LogP contribution in [0.2, 0.25) is 0 Å². The molecule has 5 heteroatoms. The third kappa shape index (κ3) is 5.95. The van der Waals surface area contributed by atoms with Crippen molar-refractivity contribution in [2.75, 3.05) is 13.7 Å². The van der Waals surface area contributed by atoms with Crippen LogP contribution in [0, 0.1) is 6.92 Å². The van der Waals surface area contributed by atoms with Crippen LogP contribution in [0.3, 0.4) is 0 Å². The minimum absolute atomic E-state index is 0.185. The number of ether oxygens (including phenoxy) is 1. The van der Waals surface area contributed by atoms with E-state index in [1.807, 2.05) is 55.5 Å². The van der Waals surface area contributed by atoms with Crippen molar-refractivity contribution >= 4 is 12.1 Å². The van der Waals surface area contributed by atoms with E-state index >= 15 is 0 Å². The van der Waals surface area contributed by atoms with E-state index in [1.165, 1.54) is 0 Å². The highest BCUT2D eigenvalue weighted by molar-refractivity contribution is 5.82. The fourth-order valence-electron chi connectivity index (χ4n) is 2.22. The second-order valence-corrected chi connectivity index (χ2v) is 5.73. The van der Waals surface area contributed by atoms with Crippen molar-refractivity contribution in [3.8, 4) is 5.75 Å². The summed E-state index contributed by atoms with van der Waals surface area (Å²) in [6, 6.07) is 15.6. The minimum Gasteiger partial charge on any atom is -0.497 e. The van der Waals surface area contributed by atoms with E-state index in [0.717, 1.165) is 28.9 Å². The second kappa shape index (κ2) is 9.47. The summed E-state index contributed by atoms with van der Waals surface area (Å²) in [6.45, 7) is 4.22. The number of aryl methyl sites for hydroxylation is 1. The fourth-order valence-corrected chi connectivity index (χ4v) is 2.22. The Morgan fingerprint density at radius 2 is 1.92 bits per heavy atom. The molecule has 0 aliphatic carbocycles. The van der Waals surface area contributed by atoms with Gasteiger partial charge in [0.05, 0.1) is 13.3 Å². The maximum absolute atomic E-state index is 12.0. The van der Waals surface area contributed by atoms with Gasteiger partial charge in [0.2, 0.25) is 6.10 Å². The summed E-state index contributed by atoms with van der Waals surface area (Å²) < 4.78 is 5.12. The summed E-state index contributed by atoms with van der Waals surface area (Å²) in [7, 11) is 1.64. The molecule has 2 aromatic rings. The average Bonchev–Trinajstić information content (AvgIpc) is 2.63. The smallest absolute Gasteiger partial charge is 0.263 e. The zero-order valence-electron chi connectivity index (χ0n) is 14.9. The Labute approximate surface area is 148 Å². The normalized spacial score (nSPS) is 12.0. The molecule has 5 nitrogen and oxygen atoms in total. The van der Waals surface area contributed by atoms with Gasteiger partial charge >= 0.3 is 0 Å². The van der Waals surface area contributed by atoms with Gasteiger partial charge < -0.3 is 14.9 Å².